The monoisotopic (exact) mass is 135 g/mol. The second-order valence-corrected chi connectivity index (χ2v) is 2.60. The zero-order chi connectivity index (χ0) is 5.98. The molecule has 0 bridgehead atoms. The van der Waals surface area contributed by atoms with Crippen LogP contribution >= 0.6 is 11.6 Å². The van der Waals surface area contributed by atoms with Crippen molar-refractivity contribution < 1.29 is 5.21 Å². The van der Waals surface area contributed by atoms with E-state index in [4.69, 9.17) is 16.8 Å². The summed E-state index contributed by atoms with van der Waals surface area (Å²) in [7, 11) is 0. The molecule has 0 aliphatic carbocycles. The standard InChI is InChI=1S/C5H10ClNO/c6-5-3-1-2-4-7(5)8/h5,8H,1-4H2. The Balaban J connectivity index is 2.28. The molecule has 8 heavy (non-hydrogen) atoms. The number of nitrogens with zero attached hydrogens (tertiary/aromatic N) is 1. The lowest BCUT2D eigenvalue weighted by molar-refractivity contribution is -0.117. The smallest absolute Gasteiger partial charge is 0.109 e. The van der Waals surface area contributed by atoms with Crippen LogP contribution in [-0.2, 0) is 0 Å². The molecule has 1 heterocycles. The van der Waals surface area contributed by atoms with Crippen LogP contribution in [0.25, 0.3) is 0 Å². The SMILES string of the molecule is ON1CCCCC1Cl. The van der Waals surface area contributed by atoms with Crippen LogP contribution in [0.1, 0.15) is 19.3 Å². The molecule has 1 saturated heterocycles. The van der Waals surface area contributed by atoms with Crippen molar-refractivity contribution >= 4 is 11.6 Å². The van der Waals surface area contributed by atoms with Gasteiger partial charge < -0.3 is 5.21 Å². The fraction of sp³-hybridized carbons (Fsp3) is 1.00. The van der Waals surface area contributed by atoms with Crippen molar-refractivity contribution in [3.8, 4) is 0 Å². The first-order valence-electron chi connectivity index (χ1n) is 2.90. The third-order valence-electron chi connectivity index (χ3n) is 1.40. The first kappa shape index (κ1) is 6.33. The summed E-state index contributed by atoms with van der Waals surface area (Å²) in [4.78, 5) is 0. The van der Waals surface area contributed by atoms with Crippen LogP contribution in [0.2, 0.25) is 0 Å². The number of rotatable bonds is 0. The Morgan fingerprint density at radius 2 is 2.25 bits per heavy atom. The highest BCUT2D eigenvalue weighted by Crippen LogP contribution is 2.16. The summed E-state index contributed by atoms with van der Waals surface area (Å²) < 4.78 is 0. The highest BCUT2D eigenvalue weighted by molar-refractivity contribution is 6.20. The van der Waals surface area contributed by atoms with Gasteiger partial charge >= 0.3 is 0 Å². The van der Waals surface area contributed by atoms with Gasteiger partial charge in [-0.05, 0) is 19.3 Å². The average Bonchev–Trinajstić information content (AvgIpc) is 1.77. The van der Waals surface area contributed by atoms with E-state index in [1.165, 1.54) is 5.06 Å². The molecule has 0 spiro atoms. The van der Waals surface area contributed by atoms with E-state index in [-0.39, 0.29) is 5.50 Å². The van der Waals surface area contributed by atoms with Crippen molar-refractivity contribution in [3.05, 3.63) is 0 Å². The minimum absolute atomic E-state index is 0.135. The van der Waals surface area contributed by atoms with Gasteiger partial charge in [0.25, 0.3) is 0 Å². The molecule has 1 unspecified atom stereocenters. The molecule has 1 aliphatic heterocycles. The van der Waals surface area contributed by atoms with Gasteiger partial charge in [0.15, 0.2) is 0 Å². The van der Waals surface area contributed by atoms with E-state index in [1.54, 1.807) is 0 Å². The molecule has 0 radical (unpaired) electrons. The highest BCUT2D eigenvalue weighted by atomic mass is 35.5. The predicted molar refractivity (Wildman–Crippen MR) is 32.0 cm³/mol. The van der Waals surface area contributed by atoms with Gasteiger partial charge in [0, 0.05) is 6.54 Å². The van der Waals surface area contributed by atoms with Crippen LogP contribution < -0.4 is 0 Å². The maximum atomic E-state index is 8.88. The number of hydrogen-bond donors (Lipinski definition) is 1. The molecule has 1 N–H and O–H groups in total. The molecular formula is C5H10ClNO. The van der Waals surface area contributed by atoms with Gasteiger partial charge in [0.2, 0.25) is 0 Å². The van der Waals surface area contributed by atoms with Crippen LogP contribution in [-0.4, -0.2) is 22.3 Å². The summed E-state index contributed by atoms with van der Waals surface area (Å²) in [6.45, 7) is 0.730. The van der Waals surface area contributed by atoms with Crippen molar-refractivity contribution in [2.75, 3.05) is 6.54 Å². The molecular weight excluding hydrogens is 126 g/mol. The van der Waals surface area contributed by atoms with E-state index in [2.05, 4.69) is 0 Å². The Labute approximate surface area is 54.0 Å². The lowest BCUT2D eigenvalue weighted by atomic mass is 10.2. The third-order valence-corrected chi connectivity index (χ3v) is 1.85. The zero-order valence-electron chi connectivity index (χ0n) is 4.68. The quantitative estimate of drug-likeness (QED) is 0.401. The van der Waals surface area contributed by atoms with Crippen molar-refractivity contribution in [1.82, 2.24) is 5.06 Å². The van der Waals surface area contributed by atoms with Crippen molar-refractivity contribution in [2.24, 2.45) is 0 Å². The summed E-state index contributed by atoms with van der Waals surface area (Å²) in [5.41, 5.74) is -0.135. The number of alkyl halides is 1. The van der Waals surface area contributed by atoms with Crippen LogP contribution in [0, 0.1) is 0 Å². The molecule has 0 aromatic carbocycles. The summed E-state index contributed by atoms with van der Waals surface area (Å²) in [5.74, 6) is 0. The van der Waals surface area contributed by atoms with Crippen molar-refractivity contribution in [2.45, 2.75) is 24.8 Å². The van der Waals surface area contributed by atoms with Gasteiger partial charge in [0.1, 0.15) is 5.50 Å². The van der Waals surface area contributed by atoms with Crippen molar-refractivity contribution in [1.29, 1.82) is 0 Å². The van der Waals surface area contributed by atoms with Crippen molar-refractivity contribution in [3.63, 3.8) is 0 Å². The largest absolute Gasteiger partial charge is 0.313 e. The summed E-state index contributed by atoms with van der Waals surface area (Å²) in [5, 5.41) is 10.1. The van der Waals surface area contributed by atoms with Crippen LogP contribution in [0.4, 0.5) is 0 Å². The van der Waals surface area contributed by atoms with Crippen LogP contribution in [0.15, 0.2) is 0 Å². The van der Waals surface area contributed by atoms with E-state index in [9.17, 15) is 0 Å². The average molecular weight is 136 g/mol. The molecule has 1 rings (SSSR count). The van der Waals surface area contributed by atoms with E-state index < -0.39 is 0 Å². The van der Waals surface area contributed by atoms with Gasteiger partial charge in [-0.15, -0.1) is 11.6 Å². The third kappa shape index (κ3) is 1.34. The summed E-state index contributed by atoms with van der Waals surface area (Å²) >= 11 is 5.64. The number of halogens is 1. The second-order valence-electron chi connectivity index (χ2n) is 2.09. The Morgan fingerprint density at radius 1 is 1.50 bits per heavy atom. The number of hydrogen-bond acceptors (Lipinski definition) is 2. The van der Waals surface area contributed by atoms with E-state index in [0.29, 0.717) is 0 Å². The van der Waals surface area contributed by atoms with Gasteiger partial charge in [-0.25, -0.2) is 0 Å². The Hall–Kier alpha value is 0.210. The Bertz CT molecular complexity index is 68.8. The molecule has 1 fully saturated rings. The first-order valence-corrected chi connectivity index (χ1v) is 3.34. The summed E-state index contributed by atoms with van der Waals surface area (Å²) in [6, 6.07) is 0. The van der Waals surface area contributed by atoms with Gasteiger partial charge in [0.05, 0.1) is 0 Å². The van der Waals surface area contributed by atoms with Crippen LogP contribution in [0.3, 0.4) is 0 Å². The minimum atomic E-state index is -0.135. The molecule has 0 saturated carbocycles. The van der Waals surface area contributed by atoms with Crippen LogP contribution in [0.5, 0.6) is 0 Å². The molecule has 0 amide bonds. The number of hydroxylamine groups is 2. The summed E-state index contributed by atoms with van der Waals surface area (Å²) in [6.07, 6.45) is 3.13. The lowest BCUT2D eigenvalue weighted by Crippen LogP contribution is -2.32. The minimum Gasteiger partial charge on any atom is -0.313 e. The van der Waals surface area contributed by atoms with Gasteiger partial charge in [-0.3, -0.25) is 0 Å². The molecule has 1 aliphatic rings. The second kappa shape index (κ2) is 2.67. The fourth-order valence-corrected chi connectivity index (χ4v) is 1.13. The van der Waals surface area contributed by atoms with E-state index >= 15 is 0 Å². The molecule has 3 heteroatoms. The highest BCUT2D eigenvalue weighted by Gasteiger charge is 2.16. The molecule has 48 valence electrons. The topological polar surface area (TPSA) is 23.5 Å². The fourth-order valence-electron chi connectivity index (χ4n) is 0.876. The number of piperidine rings is 1. The first-order chi connectivity index (χ1) is 3.80. The molecule has 2 nitrogen and oxygen atoms in total. The molecule has 0 aromatic rings. The van der Waals surface area contributed by atoms with Gasteiger partial charge in [-0.2, -0.15) is 5.06 Å². The molecule has 1 atom stereocenters. The zero-order valence-corrected chi connectivity index (χ0v) is 5.43. The normalized spacial score (nSPS) is 33.0. The van der Waals surface area contributed by atoms with E-state index in [0.717, 1.165) is 25.8 Å². The van der Waals surface area contributed by atoms with E-state index in [1.807, 2.05) is 0 Å². The Morgan fingerprint density at radius 3 is 2.62 bits per heavy atom. The lowest BCUT2D eigenvalue weighted by Gasteiger charge is -2.24. The predicted octanol–water partition coefficient (Wildman–Crippen LogP) is 1.43. The molecule has 0 aromatic heterocycles. The maximum Gasteiger partial charge on any atom is 0.109 e. The maximum absolute atomic E-state index is 8.88. The van der Waals surface area contributed by atoms with Gasteiger partial charge in [-0.1, -0.05) is 0 Å². The Kier molecular flexibility index (Phi) is 2.11.